The van der Waals surface area contributed by atoms with Crippen molar-refractivity contribution in [2.75, 3.05) is 6.26 Å². The van der Waals surface area contributed by atoms with E-state index in [1.165, 1.54) is 65.3 Å². The van der Waals surface area contributed by atoms with Crippen molar-refractivity contribution < 1.29 is 20.1 Å². The van der Waals surface area contributed by atoms with Crippen LogP contribution in [0, 0.1) is 6.92 Å². The van der Waals surface area contributed by atoms with Gasteiger partial charge in [-0.25, -0.2) is 0 Å². The second-order valence-electron chi connectivity index (χ2n) is 8.67. The molecule has 166 valence electrons. The van der Waals surface area contributed by atoms with Gasteiger partial charge in [-0.2, -0.15) is 0 Å². The third-order valence-corrected chi connectivity index (χ3v) is 7.37. The zero-order valence-electron chi connectivity index (χ0n) is 18.2. The molecule has 0 bridgehead atoms. The molecule has 31 heavy (non-hydrogen) atoms. The Morgan fingerprint density at radius 2 is 1.74 bits per heavy atom. The van der Waals surface area contributed by atoms with Crippen LogP contribution in [-0.4, -0.2) is 45.3 Å². The maximum Gasteiger partial charge on any atom is 0.132 e. The van der Waals surface area contributed by atoms with Crippen molar-refractivity contribution in [2.45, 2.75) is 68.9 Å². The lowest BCUT2D eigenvalue weighted by molar-refractivity contribution is -0.200. The van der Waals surface area contributed by atoms with Gasteiger partial charge in [-0.15, -0.1) is 11.8 Å². The van der Waals surface area contributed by atoms with Crippen LogP contribution in [0.15, 0.2) is 48.5 Å². The molecule has 1 saturated heterocycles. The van der Waals surface area contributed by atoms with Gasteiger partial charge in [-0.1, -0.05) is 48.5 Å². The molecular formula is C26H32O4S. The topological polar surface area (TPSA) is 69.9 Å². The zero-order chi connectivity index (χ0) is 22.0. The number of rotatable bonds is 5. The fourth-order valence-electron chi connectivity index (χ4n) is 4.53. The first-order valence-corrected chi connectivity index (χ1v) is 12.4. The first-order chi connectivity index (χ1) is 15.0. The minimum atomic E-state index is -1.23. The molecule has 4 rings (SSSR count). The molecule has 2 aliphatic rings. The maximum absolute atomic E-state index is 10.5. The molecule has 5 heteroatoms. The Balaban J connectivity index is 1.53. The molecule has 1 fully saturated rings. The van der Waals surface area contributed by atoms with Crippen LogP contribution in [0.2, 0.25) is 0 Å². The van der Waals surface area contributed by atoms with Gasteiger partial charge in [0.1, 0.15) is 29.9 Å². The number of benzene rings is 2. The van der Waals surface area contributed by atoms with Crippen molar-refractivity contribution in [3.8, 4) is 0 Å². The molecule has 0 amide bonds. The molecule has 3 N–H and O–H groups in total. The van der Waals surface area contributed by atoms with Gasteiger partial charge in [0.05, 0.1) is 0 Å². The predicted octanol–water partition coefficient (Wildman–Crippen LogP) is 4.39. The smallest absolute Gasteiger partial charge is 0.132 e. The lowest BCUT2D eigenvalue weighted by atomic mass is 9.90. The van der Waals surface area contributed by atoms with Crippen LogP contribution in [0.4, 0.5) is 0 Å². The molecule has 0 radical (unpaired) electrons. The van der Waals surface area contributed by atoms with Gasteiger partial charge in [-0.05, 0) is 78.7 Å². The highest BCUT2D eigenvalue weighted by Crippen LogP contribution is 2.36. The average Bonchev–Trinajstić information content (AvgIpc) is 2.80. The van der Waals surface area contributed by atoms with Gasteiger partial charge in [0, 0.05) is 0 Å². The van der Waals surface area contributed by atoms with E-state index < -0.39 is 29.9 Å². The molecule has 1 aliphatic carbocycles. The number of aryl methyl sites for hydroxylation is 1. The van der Waals surface area contributed by atoms with E-state index in [2.05, 4.69) is 43.3 Å². The molecule has 5 atom stereocenters. The van der Waals surface area contributed by atoms with Gasteiger partial charge in [0.2, 0.25) is 0 Å². The highest BCUT2D eigenvalue weighted by atomic mass is 32.2. The van der Waals surface area contributed by atoms with E-state index >= 15 is 0 Å². The van der Waals surface area contributed by atoms with E-state index in [9.17, 15) is 15.3 Å². The van der Waals surface area contributed by atoms with Crippen molar-refractivity contribution in [1.82, 2.24) is 0 Å². The number of hydrogen-bond acceptors (Lipinski definition) is 5. The molecule has 1 aliphatic heterocycles. The van der Waals surface area contributed by atoms with Gasteiger partial charge >= 0.3 is 0 Å². The van der Waals surface area contributed by atoms with Crippen LogP contribution in [0.3, 0.4) is 0 Å². The molecule has 0 aromatic heterocycles. The molecular weight excluding hydrogens is 408 g/mol. The minimum absolute atomic E-state index is 0.574. The van der Waals surface area contributed by atoms with Crippen LogP contribution in [0.1, 0.15) is 59.6 Å². The summed E-state index contributed by atoms with van der Waals surface area (Å²) >= 11 is 1.33. The van der Waals surface area contributed by atoms with Crippen LogP contribution in [-0.2, 0) is 11.2 Å². The normalized spacial score (nSPS) is 28.9. The Morgan fingerprint density at radius 1 is 0.968 bits per heavy atom. The SMILES string of the molecule is CS[C@H]1OC(c2ccc(C)c(Cc3ccc(C4=CCCCC4)cc3)c2)[C@H](O)[C@@H](O)[C@@H]1O. The summed E-state index contributed by atoms with van der Waals surface area (Å²) < 4.78 is 5.94. The summed E-state index contributed by atoms with van der Waals surface area (Å²) in [5.74, 6) is 0. The van der Waals surface area contributed by atoms with E-state index in [-0.39, 0.29) is 0 Å². The summed E-state index contributed by atoms with van der Waals surface area (Å²) in [6, 6.07) is 14.9. The number of aliphatic hydroxyl groups is 3. The third-order valence-electron chi connectivity index (χ3n) is 6.51. The zero-order valence-corrected chi connectivity index (χ0v) is 19.0. The first kappa shape index (κ1) is 22.6. The molecule has 4 nitrogen and oxygen atoms in total. The fraction of sp³-hybridized carbons (Fsp3) is 0.462. The van der Waals surface area contributed by atoms with Crippen LogP contribution in [0.5, 0.6) is 0 Å². The highest BCUT2D eigenvalue weighted by molar-refractivity contribution is 7.99. The van der Waals surface area contributed by atoms with Crippen LogP contribution < -0.4 is 0 Å². The summed E-state index contributed by atoms with van der Waals surface area (Å²) in [5.41, 5.74) is 6.61. The maximum atomic E-state index is 10.5. The molecule has 0 spiro atoms. The lowest BCUT2D eigenvalue weighted by Crippen LogP contribution is -2.52. The molecule has 0 saturated carbocycles. The quantitative estimate of drug-likeness (QED) is 0.643. The van der Waals surface area contributed by atoms with Gasteiger partial charge in [0.15, 0.2) is 0 Å². The second-order valence-corrected chi connectivity index (χ2v) is 9.60. The number of allylic oxidation sites excluding steroid dienone is 2. The number of aliphatic hydroxyl groups excluding tert-OH is 3. The third kappa shape index (κ3) is 4.91. The second kappa shape index (κ2) is 9.88. The monoisotopic (exact) mass is 440 g/mol. The lowest BCUT2D eigenvalue weighted by Gasteiger charge is -2.40. The van der Waals surface area contributed by atoms with E-state index in [0.29, 0.717) is 0 Å². The summed E-state index contributed by atoms with van der Waals surface area (Å²) in [6.45, 7) is 2.09. The van der Waals surface area contributed by atoms with Gasteiger partial charge in [0.25, 0.3) is 0 Å². The Kier molecular flexibility index (Phi) is 7.19. The van der Waals surface area contributed by atoms with Crippen molar-refractivity contribution in [2.24, 2.45) is 0 Å². The molecule has 2 aromatic rings. The van der Waals surface area contributed by atoms with Crippen LogP contribution in [0.25, 0.3) is 5.57 Å². The fourth-order valence-corrected chi connectivity index (χ4v) is 5.20. The number of hydrogen-bond donors (Lipinski definition) is 3. The predicted molar refractivity (Wildman–Crippen MR) is 126 cm³/mol. The van der Waals surface area contributed by atoms with Gasteiger partial charge < -0.3 is 20.1 Å². The van der Waals surface area contributed by atoms with Crippen molar-refractivity contribution in [3.63, 3.8) is 0 Å². The molecule has 2 aromatic carbocycles. The van der Waals surface area contributed by atoms with Gasteiger partial charge in [-0.3, -0.25) is 0 Å². The molecule has 1 unspecified atom stereocenters. The van der Waals surface area contributed by atoms with E-state index in [1.54, 1.807) is 0 Å². The van der Waals surface area contributed by atoms with E-state index in [0.717, 1.165) is 12.0 Å². The minimum Gasteiger partial charge on any atom is -0.387 e. The average molecular weight is 441 g/mol. The van der Waals surface area contributed by atoms with Crippen LogP contribution >= 0.6 is 11.8 Å². The summed E-state index contributed by atoms with van der Waals surface area (Å²) in [5, 5.41) is 30.9. The Morgan fingerprint density at radius 3 is 2.42 bits per heavy atom. The van der Waals surface area contributed by atoms with E-state index in [4.69, 9.17) is 4.74 Å². The number of ether oxygens (including phenoxy) is 1. The Hall–Kier alpha value is -1.63. The first-order valence-electron chi connectivity index (χ1n) is 11.1. The van der Waals surface area contributed by atoms with Crippen molar-refractivity contribution in [1.29, 1.82) is 0 Å². The summed E-state index contributed by atoms with van der Waals surface area (Å²) in [4.78, 5) is 0. The Labute approximate surface area is 189 Å². The summed E-state index contributed by atoms with van der Waals surface area (Å²) in [6.07, 6.45) is 5.72. The van der Waals surface area contributed by atoms with Crippen molar-refractivity contribution in [3.05, 3.63) is 76.4 Å². The summed E-state index contributed by atoms with van der Waals surface area (Å²) in [7, 11) is 0. The number of thioether (sulfide) groups is 1. The molecule has 1 heterocycles. The largest absolute Gasteiger partial charge is 0.387 e. The standard InChI is InChI=1S/C26H32O4S/c1-16-8-11-20(25-23(28)22(27)24(29)26(30-25)31-2)15-21(16)14-17-9-12-19(13-10-17)18-6-4-3-5-7-18/h6,8-13,15,22-29H,3-5,7,14H2,1-2H3/t22-,23-,24+,25?,26-/m1/s1. The Bertz CT molecular complexity index is 922. The van der Waals surface area contributed by atoms with Crippen molar-refractivity contribution >= 4 is 17.3 Å². The highest BCUT2D eigenvalue weighted by Gasteiger charge is 2.44. The van der Waals surface area contributed by atoms with E-state index in [1.807, 2.05) is 18.4 Å².